The van der Waals surface area contributed by atoms with Crippen molar-refractivity contribution in [1.82, 2.24) is 25.0 Å². The number of fused-ring (bicyclic) bond motifs is 1. The number of nitrogens with zero attached hydrogens (tertiary/aromatic N) is 4. The Morgan fingerprint density at radius 3 is 2.64 bits per heavy atom. The number of alkyl halides is 3. The number of amides is 1. The first-order valence-corrected chi connectivity index (χ1v) is 12.9. The zero-order valence-electron chi connectivity index (χ0n) is 20.9. The third-order valence-corrected chi connectivity index (χ3v) is 8.37. The lowest BCUT2D eigenvalue weighted by molar-refractivity contribution is -0.145. The summed E-state index contributed by atoms with van der Waals surface area (Å²) in [5.41, 5.74) is 0.465. The smallest absolute Gasteiger partial charge is 0.381 e. The van der Waals surface area contributed by atoms with E-state index in [2.05, 4.69) is 29.2 Å². The summed E-state index contributed by atoms with van der Waals surface area (Å²) in [5.74, 6) is 0.208. The van der Waals surface area contributed by atoms with Crippen LogP contribution >= 0.6 is 0 Å². The fourth-order valence-electron chi connectivity index (χ4n) is 6.25. The first kappa shape index (κ1) is 25.2. The van der Waals surface area contributed by atoms with Gasteiger partial charge in [-0.1, -0.05) is 13.8 Å². The van der Waals surface area contributed by atoms with Gasteiger partial charge in [-0.15, -0.1) is 0 Å². The number of nitrogens with one attached hydrogen (secondary N) is 1. The van der Waals surface area contributed by atoms with Crippen molar-refractivity contribution in [2.45, 2.75) is 77.2 Å². The van der Waals surface area contributed by atoms with E-state index in [1.165, 1.54) is 23.4 Å². The van der Waals surface area contributed by atoms with Gasteiger partial charge in [0.25, 0.3) is 0 Å². The number of carbonyl (C=O) groups excluding carboxylic acids is 1. The van der Waals surface area contributed by atoms with Crippen LogP contribution in [0, 0.1) is 11.3 Å². The van der Waals surface area contributed by atoms with E-state index in [1.807, 2.05) is 0 Å². The van der Waals surface area contributed by atoms with Crippen LogP contribution in [0.25, 0.3) is 5.69 Å². The third-order valence-electron chi connectivity index (χ3n) is 8.37. The summed E-state index contributed by atoms with van der Waals surface area (Å²) >= 11 is 0. The van der Waals surface area contributed by atoms with Crippen LogP contribution in [0.5, 0.6) is 0 Å². The van der Waals surface area contributed by atoms with Gasteiger partial charge < -0.3 is 15.0 Å². The summed E-state index contributed by atoms with van der Waals surface area (Å²) < 4.78 is 48.1. The van der Waals surface area contributed by atoms with Crippen LogP contribution in [-0.2, 0) is 28.7 Å². The van der Waals surface area contributed by atoms with Crippen molar-refractivity contribution in [3.8, 4) is 5.69 Å². The predicted octanol–water partition coefficient (Wildman–Crippen LogP) is 4.13. The van der Waals surface area contributed by atoms with Crippen LogP contribution in [0.15, 0.2) is 24.8 Å². The molecule has 7 nitrogen and oxygen atoms in total. The first-order valence-electron chi connectivity index (χ1n) is 12.9. The first-order chi connectivity index (χ1) is 17.2. The molecule has 10 heteroatoms. The van der Waals surface area contributed by atoms with Crippen molar-refractivity contribution in [3.63, 3.8) is 0 Å². The lowest BCUT2D eigenvalue weighted by atomic mass is 9.73. The molecule has 3 heterocycles. The summed E-state index contributed by atoms with van der Waals surface area (Å²) in [7, 11) is 0. The Morgan fingerprint density at radius 1 is 1.19 bits per heavy atom. The van der Waals surface area contributed by atoms with E-state index in [9.17, 15) is 18.0 Å². The molecule has 2 atom stereocenters. The molecule has 1 aliphatic carbocycles. The van der Waals surface area contributed by atoms with Crippen LogP contribution in [0.3, 0.4) is 0 Å². The molecule has 2 aromatic rings. The lowest BCUT2D eigenvalue weighted by Crippen LogP contribution is -2.49. The van der Waals surface area contributed by atoms with Gasteiger partial charge in [0.05, 0.1) is 16.7 Å². The summed E-state index contributed by atoms with van der Waals surface area (Å²) in [6.45, 7) is 6.37. The Morgan fingerprint density at radius 2 is 1.97 bits per heavy atom. The zero-order chi connectivity index (χ0) is 25.5. The Balaban J connectivity index is 1.39. The fraction of sp³-hybridized carbons (Fsp3) is 0.654. The molecule has 0 bridgehead atoms. The fourth-order valence-corrected chi connectivity index (χ4v) is 6.25. The van der Waals surface area contributed by atoms with Crippen LogP contribution in [-0.4, -0.2) is 57.4 Å². The second kappa shape index (κ2) is 9.78. The van der Waals surface area contributed by atoms with Crippen LogP contribution < -0.4 is 5.32 Å². The maximum Gasteiger partial charge on any atom is 0.416 e. The van der Waals surface area contributed by atoms with Gasteiger partial charge >= 0.3 is 6.18 Å². The maximum absolute atomic E-state index is 14.0. The molecule has 2 aliphatic heterocycles. The average Bonchev–Trinajstić information content (AvgIpc) is 3.54. The predicted molar refractivity (Wildman–Crippen MR) is 127 cm³/mol. The summed E-state index contributed by atoms with van der Waals surface area (Å²) in [4.78, 5) is 19.7. The Labute approximate surface area is 209 Å². The van der Waals surface area contributed by atoms with E-state index in [1.54, 1.807) is 4.90 Å². The van der Waals surface area contributed by atoms with Crippen molar-refractivity contribution < 1.29 is 22.7 Å². The standard InChI is InChI=1S/C26H34F3N5O2/c1-17(2)25(7-3-21(13-25)32-20-5-9-36-10-6-20)24(35)33-8-4-22-18(14-33)11-19(26(27,28)29)12-23(22)34-16-30-15-31-34/h11-12,15-17,20-21,32H,3-10,13-14H2,1-2H3/t21-,25+/m1/s1. The van der Waals surface area contributed by atoms with Gasteiger partial charge in [0, 0.05) is 38.4 Å². The van der Waals surface area contributed by atoms with Crippen molar-refractivity contribution in [2.24, 2.45) is 11.3 Å². The van der Waals surface area contributed by atoms with Gasteiger partial charge in [0.15, 0.2) is 0 Å². The minimum atomic E-state index is -4.50. The van der Waals surface area contributed by atoms with Crippen LogP contribution in [0.2, 0.25) is 0 Å². The SMILES string of the molecule is CC(C)[C@]1(C(=O)N2CCc3c(cc(C(F)(F)F)cc3-n3cncn3)C2)CC[C@@H](NC2CCOCC2)C1. The summed E-state index contributed by atoms with van der Waals surface area (Å²) in [6.07, 6.45) is 3.15. The normalized spacial score (nSPS) is 25.4. The number of benzene rings is 1. The van der Waals surface area contributed by atoms with E-state index < -0.39 is 17.2 Å². The monoisotopic (exact) mass is 505 g/mol. The zero-order valence-corrected chi connectivity index (χ0v) is 20.9. The molecule has 0 unspecified atom stereocenters. The Hall–Kier alpha value is -2.46. The molecule has 0 radical (unpaired) electrons. The molecule has 1 aromatic heterocycles. The molecule has 36 heavy (non-hydrogen) atoms. The summed E-state index contributed by atoms with van der Waals surface area (Å²) in [6, 6.07) is 3.01. The molecular formula is C26H34F3N5O2. The number of hydrogen-bond acceptors (Lipinski definition) is 5. The van der Waals surface area contributed by atoms with Gasteiger partial charge in [-0.05, 0) is 67.7 Å². The highest BCUT2D eigenvalue weighted by Crippen LogP contribution is 2.47. The molecule has 1 N–H and O–H groups in total. The quantitative estimate of drug-likeness (QED) is 0.662. The number of ether oxygens (including phenoxy) is 1. The van der Waals surface area contributed by atoms with Crippen molar-refractivity contribution in [3.05, 3.63) is 41.5 Å². The molecule has 5 rings (SSSR count). The second-order valence-corrected chi connectivity index (χ2v) is 10.8. The molecule has 1 aromatic carbocycles. The molecule has 2 fully saturated rings. The highest BCUT2D eigenvalue weighted by Gasteiger charge is 2.50. The van der Waals surface area contributed by atoms with Crippen LogP contribution in [0.1, 0.15) is 62.6 Å². The Bertz CT molecular complexity index is 1080. The number of carbonyl (C=O) groups is 1. The van der Waals surface area contributed by atoms with Gasteiger partial charge in [-0.25, -0.2) is 9.67 Å². The number of rotatable bonds is 5. The van der Waals surface area contributed by atoms with E-state index in [-0.39, 0.29) is 24.4 Å². The van der Waals surface area contributed by atoms with Crippen molar-refractivity contribution >= 4 is 5.91 Å². The Kier molecular flexibility index (Phi) is 6.84. The summed E-state index contributed by atoms with van der Waals surface area (Å²) in [5, 5.41) is 7.82. The minimum Gasteiger partial charge on any atom is -0.381 e. The number of hydrogen-bond donors (Lipinski definition) is 1. The topological polar surface area (TPSA) is 72.3 Å². The molecule has 1 saturated carbocycles. The van der Waals surface area contributed by atoms with E-state index in [4.69, 9.17) is 4.74 Å². The molecule has 1 saturated heterocycles. The number of halogens is 3. The van der Waals surface area contributed by atoms with E-state index >= 15 is 0 Å². The lowest BCUT2D eigenvalue weighted by Gasteiger charge is -2.40. The molecule has 1 amide bonds. The highest BCUT2D eigenvalue weighted by molar-refractivity contribution is 5.84. The van der Waals surface area contributed by atoms with Gasteiger partial charge in [-0.2, -0.15) is 18.3 Å². The van der Waals surface area contributed by atoms with E-state index in [0.29, 0.717) is 30.3 Å². The van der Waals surface area contributed by atoms with Crippen LogP contribution in [0.4, 0.5) is 13.2 Å². The second-order valence-electron chi connectivity index (χ2n) is 10.8. The molecular weight excluding hydrogens is 471 g/mol. The minimum absolute atomic E-state index is 0.0687. The van der Waals surface area contributed by atoms with Gasteiger partial charge in [0.2, 0.25) is 5.91 Å². The average molecular weight is 506 g/mol. The highest BCUT2D eigenvalue weighted by atomic mass is 19.4. The van der Waals surface area contributed by atoms with Gasteiger partial charge in [0.1, 0.15) is 12.7 Å². The molecule has 3 aliphatic rings. The van der Waals surface area contributed by atoms with Crippen molar-refractivity contribution in [2.75, 3.05) is 19.8 Å². The third kappa shape index (κ3) is 4.77. The number of aromatic nitrogens is 3. The maximum atomic E-state index is 14.0. The van der Waals surface area contributed by atoms with E-state index in [0.717, 1.165) is 56.9 Å². The van der Waals surface area contributed by atoms with Gasteiger partial charge in [-0.3, -0.25) is 4.79 Å². The molecule has 0 spiro atoms. The molecule has 196 valence electrons. The van der Waals surface area contributed by atoms with Crippen molar-refractivity contribution in [1.29, 1.82) is 0 Å². The largest absolute Gasteiger partial charge is 0.416 e.